The fourth-order valence-corrected chi connectivity index (χ4v) is 8.25. The molecule has 33 heavy (non-hydrogen) atoms. The molecule has 0 radical (unpaired) electrons. The van der Waals surface area contributed by atoms with E-state index >= 15 is 0 Å². The van der Waals surface area contributed by atoms with Crippen molar-refractivity contribution >= 4 is 58.2 Å². The second kappa shape index (κ2) is 10.1. The zero-order valence-electron chi connectivity index (χ0n) is 17.8. The number of sulfone groups is 1. The Balaban J connectivity index is 1.48. The second-order valence-electron chi connectivity index (χ2n) is 7.99. The Kier molecular flexibility index (Phi) is 7.57. The number of hydrogen-bond acceptors (Lipinski definition) is 5. The number of nitrogens with zero attached hydrogens (tertiary/aromatic N) is 2. The van der Waals surface area contributed by atoms with Crippen LogP contribution in [0.25, 0.3) is 11.3 Å². The molecule has 0 bridgehead atoms. The molecule has 0 amide bonds. The highest BCUT2D eigenvalue weighted by molar-refractivity contribution is 9.11. The van der Waals surface area contributed by atoms with Crippen LogP contribution in [0.5, 0.6) is 0 Å². The average molecular weight is 620 g/mol. The van der Waals surface area contributed by atoms with Crippen molar-refractivity contribution < 1.29 is 17.2 Å². The average Bonchev–Trinajstić information content (AvgIpc) is 3.29. The molecule has 4 nitrogen and oxygen atoms in total. The summed E-state index contributed by atoms with van der Waals surface area (Å²) in [5, 5.41) is 2.04. The van der Waals surface area contributed by atoms with Gasteiger partial charge in [0, 0.05) is 24.0 Å². The van der Waals surface area contributed by atoms with Crippen LogP contribution in [-0.4, -0.2) is 31.7 Å². The van der Waals surface area contributed by atoms with Crippen LogP contribution in [0, 0.1) is 11.6 Å². The van der Waals surface area contributed by atoms with Gasteiger partial charge in [-0.3, -0.25) is 0 Å². The number of aryl methyl sites for hydroxylation is 1. The summed E-state index contributed by atoms with van der Waals surface area (Å²) in [6.07, 6.45) is 2.77. The molecule has 0 aliphatic carbocycles. The van der Waals surface area contributed by atoms with Gasteiger partial charge in [0.2, 0.25) is 0 Å². The molecular formula is C23H22Br2F2N2O2S2. The molecule has 4 rings (SSSR count). The van der Waals surface area contributed by atoms with Gasteiger partial charge in [-0.05, 0) is 62.8 Å². The summed E-state index contributed by atoms with van der Waals surface area (Å²) < 4.78 is 54.4. The van der Waals surface area contributed by atoms with Gasteiger partial charge < -0.3 is 4.90 Å². The summed E-state index contributed by atoms with van der Waals surface area (Å²) in [4.78, 5) is 6.19. The smallest absolute Gasteiger partial charge is 0.185 e. The number of anilines is 1. The first-order valence-electron chi connectivity index (χ1n) is 10.6. The van der Waals surface area contributed by atoms with E-state index in [1.54, 1.807) is 0 Å². The molecule has 0 atom stereocenters. The zero-order valence-corrected chi connectivity index (χ0v) is 22.6. The summed E-state index contributed by atoms with van der Waals surface area (Å²) in [6.45, 7) is 3.10. The van der Waals surface area contributed by atoms with Crippen LogP contribution in [0.3, 0.4) is 0 Å². The molecule has 1 saturated heterocycles. The van der Waals surface area contributed by atoms with Crippen LogP contribution in [-0.2, 0) is 16.3 Å². The summed E-state index contributed by atoms with van der Waals surface area (Å²) in [5.74, 6) is -1.79. The highest BCUT2D eigenvalue weighted by atomic mass is 79.9. The van der Waals surface area contributed by atoms with Crippen molar-refractivity contribution in [3.05, 3.63) is 61.9 Å². The van der Waals surface area contributed by atoms with Gasteiger partial charge in [0.05, 0.1) is 19.9 Å². The Bertz CT molecular complexity index is 1230. The van der Waals surface area contributed by atoms with E-state index in [4.69, 9.17) is 4.98 Å². The van der Waals surface area contributed by atoms with Gasteiger partial charge in [0.15, 0.2) is 20.8 Å². The van der Waals surface area contributed by atoms with Gasteiger partial charge in [-0.1, -0.05) is 37.6 Å². The molecule has 1 fully saturated rings. The summed E-state index contributed by atoms with van der Waals surface area (Å²) in [6, 6.07) is 9.31. The Labute approximate surface area is 213 Å². The number of piperidine rings is 1. The minimum absolute atomic E-state index is 0.211. The lowest BCUT2D eigenvalue weighted by Crippen LogP contribution is -2.39. The minimum Gasteiger partial charge on any atom is -0.348 e. The Morgan fingerprint density at radius 1 is 1.15 bits per heavy atom. The van der Waals surface area contributed by atoms with Crippen molar-refractivity contribution in [2.75, 3.05) is 18.0 Å². The van der Waals surface area contributed by atoms with Crippen LogP contribution >= 0.6 is 43.2 Å². The monoisotopic (exact) mass is 618 g/mol. The second-order valence-corrected chi connectivity index (χ2v) is 12.6. The van der Waals surface area contributed by atoms with Crippen LogP contribution < -0.4 is 4.90 Å². The molecule has 2 aromatic carbocycles. The molecule has 10 heteroatoms. The predicted molar refractivity (Wildman–Crippen MR) is 136 cm³/mol. The van der Waals surface area contributed by atoms with Gasteiger partial charge >= 0.3 is 0 Å². The van der Waals surface area contributed by atoms with Gasteiger partial charge in [-0.2, -0.15) is 0 Å². The number of aromatic nitrogens is 1. The Morgan fingerprint density at radius 3 is 2.45 bits per heavy atom. The van der Waals surface area contributed by atoms with E-state index in [0.29, 0.717) is 25.9 Å². The summed E-state index contributed by atoms with van der Waals surface area (Å²) >= 11 is 7.35. The molecule has 1 aliphatic heterocycles. The standard InChI is InChI=1S/C23H22Br2F2N2O2S2/c1-2-3-14-4-6-15(7-5-14)19-13-32-23(28-19)29-10-8-16(9-11-29)33(30,31)22-20(25)18(26)12-17(24)21(22)27/h4-7,12-13,16H,2-3,8-11H2,1H3. The van der Waals surface area contributed by atoms with Crippen molar-refractivity contribution in [1.82, 2.24) is 4.98 Å². The normalized spacial score (nSPS) is 15.2. The van der Waals surface area contributed by atoms with E-state index in [1.165, 1.54) is 16.9 Å². The predicted octanol–water partition coefficient (Wildman–Crippen LogP) is 7.01. The number of thiazole rings is 1. The molecule has 2 heterocycles. The summed E-state index contributed by atoms with van der Waals surface area (Å²) in [7, 11) is -4.06. The third-order valence-corrected chi connectivity index (χ3v) is 10.6. The van der Waals surface area contributed by atoms with Crippen LogP contribution in [0.4, 0.5) is 13.9 Å². The minimum atomic E-state index is -4.06. The highest BCUT2D eigenvalue weighted by Gasteiger charge is 2.37. The van der Waals surface area contributed by atoms with Crippen molar-refractivity contribution in [2.45, 2.75) is 42.8 Å². The largest absolute Gasteiger partial charge is 0.348 e. The van der Waals surface area contributed by atoms with E-state index in [-0.39, 0.29) is 8.95 Å². The number of rotatable bonds is 6. The van der Waals surface area contributed by atoms with Crippen molar-refractivity contribution in [1.29, 1.82) is 0 Å². The molecular weight excluding hydrogens is 598 g/mol. The number of hydrogen-bond donors (Lipinski definition) is 0. The lowest BCUT2D eigenvalue weighted by atomic mass is 10.1. The zero-order chi connectivity index (χ0) is 23.8. The molecule has 0 saturated carbocycles. The summed E-state index contributed by atoms with van der Waals surface area (Å²) in [5.41, 5.74) is 3.24. The van der Waals surface area contributed by atoms with Gasteiger partial charge in [-0.15, -0.1) is 11.3 Å². The van der Waals surface area contributed by atoms with Crippen molar-refractivity contribution in [2.24, 2.45) is 0 Å². The maximum Gasteiger partial charge on any atom is 0.185 e. The van der Waals surface area contributed by atoms with E-state index in [1.807, 2.05) is 5.38 Å². The SMILES string of the molecule is CCCc1ccc(-c2csc(N3CCC(S(=O)(=O)c4c(F)c(Br)cc(F)c4Br)CC3)n2)cc1. The van der Waals surface area contributed by atoms with Crippen molar-refractivity contribution in [3.8, 4) is 11.3 Å². The molecule has 1 aromatic heterocycles. The maximum absolute atomic E-state index is 14.6. The molecule has 0 unspecified atom stereocenters. The van der Waals surface area contributed by atoms with Crippen LogP contribution in [0.15, 0.2) is 49.6 Å². The van der Waals surface area contributed by atoms with E-state index < -0.39 is 31.6 Å². The Hall–Kier alpha value is -1.36. The first-order valence-corrected chi connectivity index (χ1v) is 14.6. The van der Waals surface area contributed by atoms with Gasteiger partial charge in [-0.25, -0.2) is 22.2 Å². The molecule has 0 N–H and O–H groups in total. The Morgan fingerprint density at radius 2 is 1.82 bits per heavy atom. The lowest BCUT2D eigenvalue weighted by molar-refractivity contribution is 0.512. The van der Waals surface area contributed by atoms with Crippen LogP contribution in [0.2, 0.25) is 0 Å². The van der Waals surface area contributed by atoms with E-state index in [2.05, 4.69) is 67.9 Å². The van der Waals surface area contributed by atoms with Gasteiger partial charge in [0.1, 0.15) is 10.7 Å². The molecule has 0 spiro atoms. The maximum atomic E-state index is 14.6. The fraction of sp³-hybridized carbons (Fsp3) is 0.348. The lowest BCUT2D eigenvalue weighted by Gasteiger charge is -2.31. The van der Waals surface area contributed by atoms with E-state index in [0.717, 1.165) is 35.3 Å². The highest BCUT2D eigenvalue weighted by Crippen LogP contribution is 2.37. The van der Waals surface area contributed by atoms with Crippen LogP contribution in [0.1, 0.15) is 31.7 Å². The first-order chi connectivity index (χ1) is 15.7. The number of benzene rings is 2. The van der Waals surface area contributed by atoms with E-state index in [9.17, 15) is 17.2 Å². The van der Waals surface area contributed by atoms with Gasteiger partial charge in [0.25, 0.3) is 0 Å². The molecule has 176 valence electrons. The van der Waals surface area contributed by atoms with Crippen molar-refractivity contribution in [3.63, 3.8) is 0 Å². The third-order valence-electron chi connectivity index (χ3n) is 5.79. The number of halogens is 4. The quantitative estimate of drug-likeness (QED) is 0.279. The topological polar surface area (TPSA) is 50.3 Å². The first kappa shape index (κ1) is 24.8. The third kappa shape index (κ3) is 5.04. The fourth-order valence-electron chi connectivity index (χ4n) is 4.00. The molecule has 3 aromatic rings. The molecule has 1 aliphatic rings.